The van der Waals surface area contributed by atoms with Crippen LogP contribution in [0.1, 0.15) is 32.3 Å². The molecule has 2 heterocycles. The molecule has 1 unspecified atom stereocenters. The molecule has 0 radical (unpaired) electrons. The molecule has 0 amide bonds. The van der Waals surface area contributed by atoms with Crippen molar-refractivity contribution < 1.29 is 9.84 Å². The molecule has 146 valence electrons. The van der Waals surface area contributed by atoms with Crippen molar-refractivity contribution in [3.63, 3.8) is 0 Å². The van der Waals surface area contributed by atoms with Crippen molar-refractivity contribution in [3.8, 4) is 5.75 Å². The Bertz CT molecular complexity index is 539. The lowest BCUT2D eigenvalue weighted by Gasteiger charge is -2.36. The molecule has 0 aliphatic carbocycles. The third kappa shape index (κ3) is 5.95. The molecule has 0 bridgehead atoms. The number of piperidine rings is 1. The van der Waals surface area contributed by atoms with E-state index < -0.39 is 5.60 Å². The summed E-state index contributed by atoms with van der Waals surface area (Å²) in [4.78, 5) is 7.33. The van der Waals surface area contributed by atoms with Crippen LogP contribution < -0.4 is 4.74 Å². The Morgan fingerprint density at radius 3 is 2.35 bits per heavy atom. The number of nitrogens with zero attached hydrogens (tertiary/aromatic N) is 3. The largest absolute Gasteiger partial charge is 0.492 e. The number of likely N-dealkylation sites (N-methyl/N-ethyl adjacent to an activating group) is 1. The van der Waals surface area contributed by atoms with E-state index in [1.165, 1.54) is 18.7 Å². The van der Waals surface area contributed by atoms with Crippen LogP contribution in [-0.4, -0.2) is 84.4 Å². The lowest BCUT2D eigenvalue weighted by molar-refractivity contribution is -0.0181. The van der Waals surface area contributed by atoms with E-state index >= 15 is 0 Å². The van der Waals surface area contributed by atoms with Gasteiger partial charge in [-0.3, -0.25) is 9.80 Å². The molecule has 5 nitrogen and oxygen atoms in total. The summed E-state index contributed by atoms with van der Waals surface area (Å²) >= 11 is 0. The minimum atomic E-state index is -0.538. The predicted molar refractivity (Wildman–Crippen MR) is 106 cm³/mol. The molecule has 3 rings (SSSR count). The molecule has 1 aromatic rings. The Kier molecular flexibility index (Phi) is 6.92. The maximum absolute atomic E-state index is 10.2. The van der Waals surface area contributed by atoms with E-state index in [1.54, 1.807) is 0 Å². The molecule has 0 spiro atoms. The van der Waals surface area contributed by atoms with E-state index in [0.29, 0.717) is 0 Å². The summed E-state index contributed by atoms with van der Waals surface area (Å²) in [6.45, 7) is 14.5. The van der Waals surface area contributed by atoms with E-state index in [-0.39, 0.29) is 0 Å². The number of piperazine rings is 1. The highest BCUT2D eigenvalue weighted by atomic mass is 16.5. The molecule has 1 N–H and O–H groups in total. The van der Waals surface area contributed by atoms with Crippen molar-refractivity contribution in [2.75, 3.05) is 59.0 Å². The number of hydrogen-bond acceptors (Lipinski definition) is 5. The predicted octanol–water partition coefficient (Wildman–Crippen LogP) is 2.05. The summed E-state index contributed by atoms with van der Waals surface area (Å²) < 4.78 is 5.93. The second-order valence-electron chi connectivity index (χ2n) is 8.08. The molecule has 26 heavy (non-hydrogen) atoms. The van der Waals surface area contributed by atoms with Crippen molar-refractivity contribution in [3.05, 3.63) is 29.8 Å². The van der Waals surface area contributed by atoms with Crippen LogP contribution in [-0.2, 0) is 6.54 Å². The summed E-state index contributed by atoms with van der Waals surface area (Å²) in [6, 6.07) is 8.45. The van der Waals surface area contributed by atoms with Gasteiger partial charge < -0.3 is 14.7 Å². The van der Waals surface area contributed by atoms with E-state index in [0.717, 1.165) is 71.0 Å². The molecular weight excluding hydrogens is 326 g/mol. The average molecular weight is 362 g/mol. The van der Waals surface area contributed by atoms with Crippen LogP contribution in [0.4, 0.5) is 0 Å². The van der Waals surface area contributed by atoms with Crippen LogP contribution in [0.3, 0.4) is 0 Å². The van der Waals surface area contributed by atoms with Gasteiger partial charge in [0.05, 0.1) is 5.60 Å². The molecule has 2 fully saturated rings. The van der Waals surface area contributed by atoms with Gasteiger partial charge in [0.15, 0.2) is 0 Å². The van der Waals surface area contributed by atoms with Gasteiger partial charge in [0.2, 0.25) is 0 Å². The van der Waals surface area contributed by atoms with Crippen molar-refractivity contribution >= 4 is 0 Å². The monoisotopic (exact) mass is 361 g/mol. The van der Waals surface area contributed by atoms with Gasteiger partial charge in [0.25, 0.3) is 0 Å². The second-order valence-corrected chi connectivity index (χ2v) is 8.08. The van der Waals surface area contributed by atoms with Gasteiger partial charge in [-0.2, -0.15) is 0 Å². The zero-order chi connectivity index (χ0) is 18.4. The Morgan fingerprint density at radius 1 is 1.00 bits per heavy atom. The third-order valence-corrected chi connectivity index (χ3v) is 5.67. The zero-order valence-corrected chi connectivity index (χ0v) is 16.5. The molecule has 1 aromatic carbocycles. The zero-order valence-electron chi connectivity index (χ0n) is 16.5. The number of benzene rings is 1. The van der Waals surface area contributed by atoms with Crippen LogP contribution in [0.25, 0.3) is 0 Å². The molecule has 5 heteroatoms. The second kappa shape index (κ2) is 9.18. The highest BCUT2D eigenvalue weighted by Crippen LogP contribution is 2.22. The number of ether oxygens (including phenoxy) is 1. The number of hydrogen-bond donors (Lipinski definition) is 1. The number of aliphatic hydroxyl groups is 1. The maximum atomic E-state index is 10.2. The van der Waals surface area contributed by atoms with Gasteiger partial charge in [0, 0.05) is 45.8 Å². The molecular formula is C21H35N3O2. The summed E-state index contributed by atoms with van der Waals surface area (Å²) in [7, 11) is 0. The standard InChI is InChI=1S/C21H35N3O2/c1-3-22-11-13-23(14-12-22)15-16-26-20-7-5-19(6-8-20)17-24-10-4-9-21(2,25)18-24/h5-8,25H,3-4,9-18H2,1-2H3. The smallest absolute Gasteiger partial charge is 0.119 e. The van der Waals surface area contributed by atoms with Crippen molar-refractivity contribution in [2.24, 2.45) is 0 Å². The summed E-state index contributed by atoms with van der Waals surface area (Å²) in [5, 5.41) is 10.2. The lowest BCUT2D eigenvalue weighted by Crippen LogP contribution is -2.47. The Labute approximate surface area is 158 Å². The Hall–Kier alpha value is -1.14. The van der Waals surface area contributed by atoms with E-state index in [4.69, 9.17) is 4.74 Å². The van der Waals surface area contributed by atoms with Crippen molar-refractivity contribution in [1.29, 1.82) is 0 Å². The maximum Gasteiger partial charge on any atom is 0.119 e. The first-order valence-corrected chi connectivity index (χ1v) is 10.2. The third-order valence-electron chi connectivity index (χ3n) is 5.67. The normalized spacial score (nSPS) is 26.1. The topological polar surface area (TPSA) is 39.2 Å². The van der Waals surface area contributed by atoms with Crippen molar-refractivity contribution in [2.45, 2.75) is 38.8 Å². The first-order chi connectivity index (χ1) is 12.5. The molecule has 2 saturated heterocycles. The van der Waals surface area contributed by atoms with E-state index in [1.807, 2.05) is 6.92 Å². The molecule has 2 aliphatic heterocycles. The van der Waals surface area contributed by atoms with Gasteiger partial charge >= 0.3 is 0 Å². The van der Waals surface area contributed by atoms with E-state index in [9.17, 15) is 5.11 Å². The minimum Gasteiger partial charge on any atom is -0.492 e. The first-order valence-electron chi connectivity index (χ1n) is 10.2. The number of likely N-dealkylation sites (tertiary alicyclic amines) is 1. The van der Waals surface area contributed by atoms with Crippen LogP contribution >= 0.6 is 0 Å². The van der Waals surface area contributed by atoms with Crippen molar-refractivity contribution in [1.82, 2.24) is 14.7 Å². The van der Waals surface area contributed by atoms with Gasteiger partial charge in [0.1, 0.15) is 12.4 Å². The van der Waals surface area contributed by atoms with Crippen LogP contribution in [0.2, 0.25) is 0 Å². The van der Waals surface area contributed by atoms with Crippen LogP contribution in [0.15, 0.2) is 24.3 Å². The molecule has 0 aromatic heterocycles. The lowest BCUT2D eigenvalue weighted by atomic mass is 9.95. The summed E-state index contributed by atoms with van der Waals surface area (Å²) in [6.07, 6.45) is 1.98. The quantitative estimate of drug-likeness (QED) is 0.805. The number of rotatable bonds is 7. The van der Waals surface area contributed by atoms with Gasteiger partial charge in [-0.15, -0.1) is 0 Å². The highest BCUT2D eigenvalue weighted by Gasteiger charge is 2.28. The molecule has 1 atom stereocenters. The fourth-order valence-electron chi connectivity index (χ4n) is 4.03. The minimum absolute atomic E-state index is 0.538. The molecule has 2 aliphatic rings. The van der Waals surface area contributed by atoms with E-state index in [2.05, 4.69) is 45.9 Å². The van der Waals surface area contributed by atoms with Gasteiger partial charge in [-0.25, -0.2) is 0 Å². The molecule has 0 saturated carbocycles. The Balaban J connectivity index is 1.38. The van der Waals surface area contributed by atoms with Crippen LogP contribution in [0.5, 0.6) is 5.75 Å². The van der Waals surface area contributed by atoms with Gasteiger partial charge in [-0.05, 0) is 50.6 Å². The number of β-amino-alcohol motifs (C(OH)–C–C–N with tert-alkyl or cyclic N) is 1. The van der Waals surface area contributed by atoms with Crippen LogP contribution in [0, 0.1) is 0 Å². The first kappa shape index (κ1) is 19.6. The summed E-state index contributed by atoms with van der Waals surface area (Å²) in [5.41, 5.74) is 0.745. The summed E-state index contributed by atoms with van der Waals surface area (Å²) in [5.74, 6) is 0.951. The fourth-order valence-corrected chi connectivity index (χ4v) is 4.03. The van der Waals surface area contributed by atoms with Gasteiger partial charge in [-0.1, -0.05) is 19.1 Å². The fraction of sp³-hybridized carbons (Fsp3) is 0.714. The highest BCUT2D eigenvalue weighted by molar-refractivity contribution is 5.27. The average Bonchev–Trinajstić information content (AvgIpc) is 2.63. The Morgan fingerprint density at radius 2 is 1.69 bits per heavy atom. The SMILES string of the molecule is CCN1CCN(CCOc2ccc(CN3CCCC(C)(O)C3)cc2)CC1.